The molecule has 0 atom stereocenters. The third kappa shape index (κ3) is 3.43. The maximum Gasteiger partial charge on any atom is 0.193 e. The van der Waals surface area contributed by atoms with Crippen molar-refractivity contribution in [3.8, 4) is 5.75 Å². The van der Waals surface area contributed by atoms with Gasteiger partial charge in [0.15, 0.2) is 11.5 Å². The quantitative estimate of drug-likeness (QED) is 0.431. The van der Waals surface area contributed by atoms with Crippen molar-refractivity contribution in [3.63, 3.8) is 0 Å². The molecule has 0 bridgehead atoms. The SMILES string of the molecule is COc1ccc(Cl)cc1N(Cc1cc2cc(Cl)c(C)c(Cl)c2o1)C(=N)N. The molecule has 0 saturated carbocycles. The van der Waals surface area contributed by atoms with Crippen LogP contribution < -0.4 is 15.4 Å². The zero-order valence-corrected chi connectivity index (χ0v) is 16.3. The van der Waals surface area contributed by atoms with E-state index in [2.05, 4.69) is 0 Å². The summed E-state index contributed by atoms with van der Waals surface area (Å²) < 4.78 is 11.2. The van der Waals surface area contributed by atoms with Gasteiger partial charge in [-0.15, -0.1) is 0 Å². The molecular formula is C18H16Cl3N3O2. The summed E-state index contributed by atoms with van der Waals surface area (Å²) in [5.74, 6) is 0.935. The Morgan fingerprint density at radius 1 is 1.23 bits per heavy atom. The number of rotatable bonds is 4. The first kappa shape index (κ1) is 18.7. The van der Waals surface area contributed by atoms with Crippen LogP contribution in [0.25, 0.3) is 11.0 Å². The van der Waals surface area contributed by atoms with Crippen LogP contribution in [0.4, 0.5) is 5.69 Å². The van der Waals surface area contributed by atoms with Crippen LogP contribution in [0.3, 0.4) is 0 Å². The van der Waals surface area contributed by atoms with Crippen molar-refractivity contribution in [2.75, 3.05) is 12.0 Å². The summed E-state index contributed by atoms with van der Waals surface area (Å²) in [6, 6.07) is 8.71. The fourth-order valence-electron chi connectivity index (χ4n) is 2.67. The molecule has 0 saturated heterocycles. The van der Waals surface area contributed by atoms with E-state index >= 15 is 0 Å². The molecule has 1 aromatic heterocycles. The van der Waals surface area contributed by atoms with Gasteiger partial charge in [0, 0.05) is 15.4 Å². The smallest absolute Gasteiger partial charge is 0.193 e. The minimum absolute atomic E-state index is 0.175. The summed E-state index contributed by atoms with van der Waals surface area (Å²) in [6.45, 7) is 2.03. The van der Waals surface area contributed by atoms with Gasteiger partial charge in [-0.05, 0) is 42.8 Å². The predicted molar refractivity (Wildman–Crippen MR) is 107 cm³/mol. The zero-order chi connectivity index (χ0) is 19.0. The molecule has 1 heterocycles. The minimum atomic E-state index is -0.175. The van der Waals surface area contributed by atoms with Crippen LogP contribution in [-0.4, -0.2) is 13.1 Å². The van der Waals surface area contributed by atoms with Gasteiger partial charge in [0.05, 0.1) is 24.4 Å². The number of methoxy groups -OCH3 is 1. The van der Waals surface area contributed by atoms with E-state index in [1.807, 2.05) is 13.0 Å². The Balaban J connectivity index is 2.05. The van der Waals surface area contributed by atoms with Gasteiger partial charge >= 0.3 is 0 Å². The number of nitrogens with two attached hydrogens (primary N) is 1. The van der Waals surface area contributed by atoms with Crippen LogP contribution in [0.2, 0.25) is 15.1 Å². The number of nitrogens with zero attached hydrogens (tertiary/aromatic N) is 1. The third-order valence-electron chi connectivity index (χ3n) is 4.02. The van der Waals surface area contributed by atoms with Gasteiger partial charge in [-0.3, -0.25) is 5.41 Å². The van der Waals surface area contributed by atoms with Crippen molar-refractivity contribution in [2.24, 2.45) is 5.73 Å². The molecule has 0 unspecified atom stereocenters. The number of furan rings is 1. The number of hydrogen-bond donors (Lipinski definition) is 2. The van der Waals surface area contributed by atoms with Crippen LogP contribution >= 0.6 is 34.8 Å². The number of guanidine groups is 1. The maximum absolute atomic E-state index is 7.94. The van der Waals surface area contributed by atoms with E-state index in [1.165, 1.54) is 12.0 Å². The monoisotopic (exact) mass is 411 g/mol. The second kappa shape index (κ2) is 7.27. The molecule has 0 amide bonds. The number of anilines is 1. The van der Waals surface area contributed by atoms with E-state index in [1.54, 1.807) is 24.3 Å². The molecule has 0 aliphatic heterocycles. The van der Waals surface area contributed by atoms with Crippen molar-refractivity contribution in [3.05, 3.63) is 56.7 Å². The largest absolute Gasteiger partial charge is 0.495 e. The summed E-state index contributed by atoms with van der Waals surface area (Å²) in [7, 11) is 1.54. The van der Waals surface area contributed by atoms with Gasteiger partial charge in [0.2, 0.25) is 0 Å². The Morgan fingerprint density at radius 2 is 1.96 bits per heavy atom. The number of benzene rings is 2. The zero-order valence-electron chi connectivity index (χ0n) is 14.1. The number of hydrogen-bond acceptors (Lipinski definition) is 3. The first-order valence-corrected chi connectivity index (χ1v) is 8.77. The Bertz CT molecular complexity index is 1000. The van der Waals surface area contributed by atoms with Crippen molar-refractivity contribution >= 4 is 57.4 Å². The fourth-order valence-corrected chi connectivity index (χ4v) is 3.34. The van der Waals surface area contributed by atoms with Gasteiger partial charge < -0.3 is 19.8 Å². The number of halogens is 3. The first-order valence-electron chi connectivity index (χ1n) is 7.64. The van der Waals surface area contributed by atoms with Gasteiger partial charge in [0.25, 0.3) is 0 Å². The molecule has 2 aromatic carbocycles. The Labute approximate surface area is 165 Å². The van der Waals surface area contributed by atoms with E-state index in [9.17, 15) is 0 Å². The average molecular weight is 413 g/mol. The van der Waals surface area contributed by atoms with Gasteiger partial charge in [-0.1, -0.05) is 34.8 Å². The van der Waals surface area contributed by atoms with E-state index in [0.717, 1.165) is 10.9 Å². The lowest BCUT2D eigenvalue weighted by Gasteiger charge is -2.23. The highest BCUT2D eigenvalue weighted by Gasteiger charge is 2.19. The van der Waals surface area contributed by atoms with E-state index < -0.39 is 0 Å². The topological polar surface area (TPSA) is 75.5 Å². The van der Waals surface area contributed by atoms with Crippen molar-refractivity contribution in [1.29, 1.82) is 5.41 Å². The van der Waals surface area contributed by atoms with Crippen molar-refractivity contribution in [2.45, 2.75) is 13.5 Å². The predicted octanol–water partition coefficient (Wildman–Crippen LogP) is 5.61. The summed E-state index contributed by atoms with van der Waals surface area (Å²) in [5, 5.41) is 10.3. The summed E-state index contributed by atoms with van der Waals surface area (Å²) >= 11 is 18.6. The van der Waals surface area contributed by atoms with E-state index in [4.69, 9.17) is 55.1 Å². The normalized spacial score (nSPS) is 11.0. The summed E-state index contributed by atoms with van der Waals surface area (Å²) in [4.78, 5) is 1.53. The Morgan fingerprint density at radius 3 is 2.62 bits per heavy atom. The van der Waals surface area contributed by atoms with Crippen LogP contribution in [-0.2, 0) is 6.54 Å². The molecule has 3 aromatic rings. The number of nitrogens with one attached hydrogen (secondary N) is 1. The molecule has 0 aliphatic rings. The molecule has 5 nitrogen and oxygen atoms in total. The van der Waals surface area contributed by atoms with E-state index in [-0.39, 0.29) is 12.5 Å². The van der Waals surface area contributed by atoms with Crippen LogP contribution in [0, 0.1) is 12.3 Å². The summed E-state index contributed by atoms with van der Waals surface area (Å²) in [6.07, 6.45) is 0. The molecule has 3 N–H and O–H groups in total. The minimum Gasteiger partial charge on any atom is -0.495 e. The average Bonchev–Trinajstić information content (AvgIpc) is 3.00. The van der Waals surface area contributed by atoms with Gasteiger partial charge in [-0.25, -0.2) is 0 Å². The highest BCUT2D eigenvalue weighted by molar-refractivity contribution is 6.39. The molecule has 0 radical (unpaired) electrons. The van der Waals surface area contributed by atoms with Crippen LogP contribution in [0.15, 0.2) is 34.7 Å². The summed E-state index contributed by atoms with van der Waals surface area (Å²) in [5.41, 5.74) is 7.65. The van der Waals surface area contributed by atoms with Crippen LogP contribution in [0.1, 0.15) is 11.3 Å². The second-order valence-corrected chi connectivity index (χ2v) is 6.94. The van der Waals surface area contributed by atoms with Gasteiger partial charge in [0.1, 0.15) is 11.5 Å². The lowest BCUT2D eigenvalue weighted by molar-refractivity contribution is 0.415. The molecule has 0 spiro atoms. The Kier molecular flexibility index (Phi) is 5.23. The lowest BCUT2D eigenvalue weighted by atomic mass is 10.2. The lowest BCUT2D eigenvalue weighted by Crippen LogP contribution is -2.36. The molecule has 136 valence electrons. The number of ether oxygens (including phenoxy) is 1. The third-order valence-corrected chi connectivity index (χ3v) is 5.10. The first-order chi connectivity index (χ1) is 12.3. The molecule has 0 aliphatic carbocycles. The Hall–Kier alpha value is -2.08. The molecule has 3 rings (SSSR count). The molecule has 26 heavy (non-hydrogen) atoms. The maximum atomic E-state index is 7.94. The highest BCUT2D eigenvalue weighted by Crippen LogP contribution is 2.36. The molecule has 8 heteroatoms. The van der Waals surface area contributed by atoms with Crippen molar-refractivity contribution in [1.82, 2.24) is 0 Å². The second-order valence-electron chi connectivity index (χ2n) is 5.72. The van der Waals surface area contributed by atoms with E-state index in [0.29, 0.717) is 37.8 Å². The van der Waals surface area contributed by atoms with Crippen LogP contribution in [0.5, 0.6) is 5.75 Å². The standard InChI is InChI=1S/C18H16Cl3N3O2/c1-9-13(20)6-10-5-12(26-17(10)16(9)21)8-24(18(22)23)14-7-11(19)3-4-15(14)25-2/h3-7H,8H2,1-2H3,(H3,22,23). The number of fused-ring (bicyclic) bond motifs is 1. The highest BCUT2D eigenvalue weighted by atomic mass is 35.5. The fraction of sp³-hybridized carbons (Fsp3) is 0.167. The molecular weight excluding hydrogens is 397 g/mol. The van der Waals surface area contributed by atoms with Gasteiger partial charge in [-0.2, -0.15) is 0 Å². The van der Waals surface area contributed by atoms with Crippen molar-refractivity contribution < 1.29 is 9.15 Å². The molecule has 0 fully saturated rings.